The van der Waals surface area contributed by atoms with Gasteiger partial charge in [-0.15, -0.1) is 0 Å². The van der Waals surface area contributed by atoms with Crippen molar-refractivity contribution in [3.63, 3.8) is 0 Å². The van der Waals surface area contributed by atoms with Gasteiger partial charge >= 0.3 is 0 Å². The number of hydrogen-bond acceptors (Lipinski definition) is 2. The number of ketones is 1. The number of allylic oxidation sites excluding steroid dienone is 1. The number of carbonyl (C=O) groups excluding carboxylic acids is 1. The molecule has 0 aliphatic heterocycles. The Bertz CT molecular complexity index is 564. The molecule has 0 amide bonds. The van der Waals surface area contributed by atoms with Gasteiger partial charge in [-0.1, -0.05) is 54.1 Å². The lowest BCUT2D eigenvalue weighted by atomic mass is 10.1. The van der Waals surface area contributed by atoms with E-state index in [-0.39, 0.29) is 5.78 Å². The van der Waals surface area contributed by atoms with Crippen LogP contribution in [-0.4, -0.2) is 10.8 Å². The maximum Gasteiger partial charge on any atom is 0.166 e. The van der Waals surface area contributed by atoms with Crippen LogP contribution in [0.4, 0.5) is 0 Å². The average molecular weight is 258 g/mol. The van der Waals surface area contributed by atoms with E-state index in [1.807, 2.05) is 42.5 Å². The molecule has 1 heterocycles. The Labute approximate surface area is 111 Å². The molecule has 0 radical (unpaired) electrons. The van der Waals surface area contributed by atoms with E-state index in [9.17, 15) is 4.79 Å². The predicted octanol–water partition coefficient (Wildman–Crippen LogP) is 4.02. The lowest BCUT2D eigenvalue weighted by Crippen LogP contribution is -1.97. The summed E-state index contributed by atoms with van der Waals surface area (Å²) in [7, 11) is 0. The monoisotopic (exact) mass is 257 g/mol. The minimum atomic E-state index is 0.0338. The van der Waals surface area contributed by atoms with Crippen LogP contribution in [0.1, 0.15) is 22.3 Å². The third-order valence-corrected chi connectivity index (χ3v) is 2.67. The van der Waals surface area contributed by atoms with Crippen LogP contribution >= 0.6 is 11.6 Å². The first-order valence-corrected chi connectivity index (χ1v) is 6.00. The maximum atomic E-state index is 11.8. The van der Waals surface area contributed by atoms with E-state index in [1.165, 1.54) is 6.20 Å². The maximum absolute atomic E-state index is 11.8. The highest BCUT2D eigenvalue weighted by molar-refractivity contribution is 6.29. The van der Waals surface area contributed by atoms with Crippen LogP contribution in [0.5, 0.6) is 0 Å². The fraction of sp³-hybridized carbons (Fsp3) is 0.0667. The van der Waals surface area contributed by atoms with E-state index in [1.54, 1.807) is 12.1 Å². The molecule has 1 aromatic carbocycles. The van der Waals surface area contributed by atoms with Crippen molar-refractivity contribution in [2.45, 2.75) is 6.42 Å². The second-order valence-electron chi connectivity index (χ2n) is 3.81. The highest BCUT2D eigenvalue weighted by Crippen LogP contribution is 2.10. The highest BCUT2D eigenvalue weighted by Gasteiger charge is 2.04. The SMILES string of the molecule is O=C(C/C=C/c1ccccc1)c1ccnc(Cl)c1. The molecule has 0 fully saturated rings. The zero-order chi connectivity index (χ0) is 12.8. The summed E-state index contributed by atoms with van der Waals surface area (Å²) in [5, 5.41) is 0.341. The van der Waals surface area contributed by atoms with Crippen molar-refractivity contribution >= 4 is 23.5 Å². The minimum Gasteiger partial charge on any atom is -0.294 e. The molecule has 2 rings (SSSR count). The second-order valence-corrected chi connectivity index (χ2v) is 4.19. The zero-order valence-corrected chi connectivity index (χ0v) is 10.5. The summed E-state index contributed by atoms with van der Waals surface area (Å²) < 4.78 is 0. The number of Topliss-reactive ketones (excluding diaryl/α,β-unsaturated/α-hetero) is 1. The van der Waals surface area contributed by atoms with Crippen LogP contribution in [0.15, 0.2) is 54.7 Å². The summed E-state index contributed by atoms with van der Waals surface area (Å²) in [6.45, 7) is 0. The first-order chi connectivity index (χ1) is 8.75. The molecule has 2 nitrogen and oxygen atoms in total. The fourth-order valence-corrected chi connectivity index (χ4v) is 1.73. The van der Waals surface area contributed by atoms with Crippen LogP contribution in [0.3, 0.4) is 0 Å². The molecule has 0 spiro atoms. The lowest BCUT2D eigenvalue weighted by molar-refractivity contribution is 0.0996. The first-order valence-electron chi connectivity index (χ1n) is 5.62. The quantitative estimate of drug-likeness (QED) is 0.612. The Balaban J connectivity index is 1.99. The van der Waals surface area contributed by atoms with Crippen molar-refractivity contribution < 1.29 is 4.79 Å². The molecular formula is C15H12ClNO. The van der Waals surface area contributed by atoms with Crippen molar-refractivity contribution in [1.82, 2.24) is 4.98 Å². The summed E-state index contributed by atoms with van der Waals surface area (Å²) in [6.07, 6.45) is 5.68. The summed E-state index contributed by atoms with van der Waals surface area (Å²) in [4.78, 5) is 15.7. The summed E-state index contributed by atoms with van der Waals surface area (Å²) in [5.41, 5.74) is 1.67. The van der Waals surface area contributed by atoms with Crippen LogP contribution in [-0.2, 0) is 0 Å². The van der Waals surface area contributed by atoms with E-state index in [2.05, 4.69) is 4.98 Å². The van der Waals surface area contributed by atoms with Gasteiger partial charge in [0.15, 0.2) is 5.78 Å². The lowest BCUT2D eigenvalue weighted by Gasteiger charge is -1.97. The number of pyridine rings is 1. The topological polar surface area (TPSA) is 30.0 Å². The standard InChI is InChI=1S/C15H12ClNO/c16-15-11-13(9-10-17-15)14(18)8-4-7-12-5-2-1-3-6-12/h1-7,9-11H,8H2/b7-4+. The van der Waals surface area contributed by atoms with Crippen LogP contribution < -0.4 is 0 Å². The number of hydrogen-bond donors (Lipinski definition) is 0. The van der Waals surface area contributed by atoms with Crippen molar-refractivity contribution in [2.24, 2.45) is 0 Å². The van der Waals surface area contributed by atoms with Gasteiger partial charge in [0.25, 0.3) is 0 Å². The van der Waals surface area contributed by atoms with E-state index in [0.717, 1.165) is 5.56 Å². The molecular weight excluding hydrogens is 246 g/mol. The summed E-state index contributed by atoms with van der Waals surface area (Å²) in [6, 6.07) is 13.1. The smallest absolute Gasteiger partial charge is 0.166 e. The largest absolute Gasteiger partial charge is 0.294 e. The van der Waals surface area contributed by atoms with Gasteiger partial charge in [0.05, 0.1) is 0 Å². The summed E-state index contributed by atoms with van der Waals surface area (Å²) >= 11 is 5.74. The molecule has 0 aliphatic carbocycles. The van der Waals surface area contributed by atoms with Crippen molar-refractivity contribution in [3.05, 3.63) is 71.0 Å². The van der Waals surface area contributed by atoms with E-state index < -0.39 is 0 Å². The third-order valence-electron chi connectivity index (χ3n) is 2.46. The predicted molar refractivity (Wildman–Crippen MR) is 73.7 cm³/mol. The molecule has 0 bridgehead atoms. The average Bonchev–Trinajstić information content (AvgIpc) is 2.40. The molecule has 0 saturated carbocycles. The number of benzene rings is 1. The fourth-order valence-electron chi connectivity index (χ4n) is 1.56. The van der Waals surface area contributed by atoms with Gasteiger partial charge in [0.1, 0.15) is 5.15 Å². The van der Waals surface area contributed by atoms with Crippen LogP contribution in [0.25, 0.3) is 6.08 Å². The number of aromatic nitrogens is 1. The molecule has 2 aromatic rings. The van der Waals surface area contributed by atoms with Crippen LogP contribution in [0.2, 0.25) is 5.15 Å². The van der Waals surface area contributed by atoms with E-state index >= 15 is 0 Å². The second kappa shape index (κ2) is 6.12. The van der Waals surface area contributed by atoms with Gasteiger partial charge in [-0.25, -0.2) is 4.98 Å². The third kappa shape index (κ3) is 3.54. The number of nitrogens with zero attached hydrogens (tertiary/aromatic N) is 1. The Kier molecular flexibility index (Phi) is 4.26. The van der Waals surface area contributed by atoms with Gasteiger partial charge in [-0.2, -0.15) is 0 Å². The number of rotatable bonds is 4. The van der Waals surface area contributed by atoms with E-state index in [0.29, 0.717) is 17.1 Å². The Hall–Kier alpha value is -1.93. The number of carbonyl (C=O) groups is 1. The molecule has 0 saturated heterocycles. The summed E-state index contributed by atoms with van der Waals surface area (Å²) in [5.74, 6) is 0.0338. The normalized spacial score (nSPS) is 10.7. The van der Waals surface area contributed by atoms with Gasteiger partial charge in [-0.3, -0.25) is 4.79 Å². The van der Waals surface area contributed by atoms with Gasteiger partial charge in [0.2, 0.25) is 0 Å². The van der Waals surface area contributed by atoms with Gasteiger partial charge in [0, 0.05) is 18.2 Å². The molecule has 90 valence electrons. The highest BCUT2D eigenvalue weighted by atomic mass is 35.5. The molecule has 1 aromatic heterocycles. The Morgan fingerprint density at radius 3 is 2.72 bits per heavy atom. The Morgan fingerprint density at radius 2 is 2.00 bits per heavy atom. The van der Waals surface area contributed by atoms with Crippen molar-refractivity contribution in [2.75, 3.05) is 0 Å². The molecule has 0 aliphatic rings. The first kappa shape index (κ1) is 12.5. The van der Waals surface area contributed by atoms with Gasteiger partial charge in [-0.05, 0) is 17.7 Å². The molecule has 0 N–H and O–H groups in total. The zero-order valence-electron chi connectivity index (χ0n) is 9.71. The molecule has 0 atom stereocenters. The van der Waals surface area contributed by atoms with Crippen molar-refractivity contribution in [3.8, 4) is 0 Å². The van der Waals surface area contributed by atoms with Crippen molar-refractivity contribution in [1.29, 1.82) is 0 Å². The molecule has 3 heteroatoms. The molecule has 0 unspecified atom stereocenters. The molecule has 18 heavy (non-hydrogen) atoms. The van der Waals surface area contributed by atoms with Crippen LogP contribution in [0, 0.1) is 0 Å². The Morgan fingerprint density at radius 1 is 1.22 bits per heavy atom. The van der Waals surface area contributed by atoms with E-state index in [4.69, 9.17) is 11.6 Å². The minimum absolute atomic E-state index is 0.0338. The van der Waals surface area contributed by atoms with Gasteiger partial charge < -0.3 is 0 Å². The number of halogens is 1.